The minimum atomic E-state index is 0.868. The predicted molar refractivity (Wildman–Crippen MR) is 247 cm³/mol. The molecule has 0 saturated carbocycles. The number of hydrogen-bond donors (Lipinski definition) is 0. The van der Waals surface area contributed by atoms with Crippen LogP contribution in [0.4, 0.5) is 17.1 Å². The van der Waals surface area contributed by atoms with Gasteiger partial charge >= 0.3 is 0 Å². The number of fused-ring (bicyclic) bond motifs is 9. The van der Waals surface area contributed by atoms with Crippen LogP contribution >= 0.6 is 11.3 Å². The molecule has 9 aromatic carbocycles. The number of benzene rings is 9. The lowest BCUT2D eigenvalue weighted by Gasteiger charge is -2.26. The Morgan fingerprint density at radius 3 is 1.76 bits per heavy atom. The van der Waals surface area contributed by atoms with Crippen molar-refractivity contribution in [2.45, 2.75) is 0 Å². The van der Waals surface area contributed by atoms with E-state index in [9.17, 15) is 0 Å². The fraction of sp³-hybridized carbons (Fsp3) is 0. The third-order valence-electron chi connectivity index (χ3n) is 11.6. The Labute approximate surface area is 338 Å². The quantitative estimate of drug-likeness (QED) is 0.168. The largest absolute Gasteiger partial charge is 0.454 e. The third kappa shape index (κ3) is 5.19. The fourth-order valence-electron chi connectivity index (χ4n) is 8.85. The number of para-hydroxylation sites is 4. The van der Waals surface area contributed by atoms with Gasteiger partial charge < -0.3 is 13.9 Å². The van der Waals surface area contributed by atoms with Crippen LogP contribution in [0.5, 0.6) is 0 Å². The van der Waals surface area contributed by atoms with Crippen molar-refractivity contribution in [2.75, 3.05) is 4.90 Å². The van der Waals surface area contributed by atoms with Crippen LogP contribution in [0.1, 0.15) is 0 Å². The molecule has 12 rings (SSSR count). The fourth-order valence-corrected chi connectivity index (χ4v) is 10.0. The first-order chi connectivity index (χ1) is 28.7. The minimum Gasteiger partial charge on any atom is -0.454 e. The topological polar surface area (TPSA) is 21.3 Å². The van der Waals surface area contributed by atoms with Crippen LogP contribution in [0, 0.1) is 0 Å². The lowest BCUT2D eigenvalue weighted by Crippen LogP contribution is -2.10. The number of rotatable bonds is 6. The van der Waals surface area contributed by atoms with E-state index in [2.05, 4.69) is 210 Å². The summed E-state index contributed by atoms with van der Waals surface area (Å²) in [5.41, 5.74) is 13.2. The molecule has 0 spiro atoms. The Morgan fingerprint density at radius 2 is 0.966 bits per heavy atom. The first-order valence-electron chi connectivity index (χ1n) is 19.7. The van der Waals surface area contributed by atoms with Crippen molar-refractivity contribution < 1.29 is 4.42 Å². The molecule has 3 nitrogen and oxygen atoms in total. The highest BCUT2D eigenvalue weighted by molar-refractivity contribution is 7.25. The van der Waals surface area contributed by atoms with Gasteiger partial charge in [-0.2, -0.15) is 0 Å². The Morgan fingerprint density at radius 1 is 0.379 bits per heavy atom. The molecule has 0 unspecified atom stereocenters. The molecule has 3 heterocycles. The molecule has 0 fully saturated rings. The maximum atomic E-state index is 6.63. The second kappa shape index (κ2) is 13.1. The van der Waals surface area contributed by atoms with Crippen molar-refractivity contribution in [2.24, 2.45) is 0 Å². The summed E-state index contributed by atoms with van der Waals surface area (Å²) in [6.45, 7) is 0. The smallest absolute Gasteiger partial charge is 0.159 e. The van der Waals surface area contributed by atoms with Gasteiger partial charge in [0.25, 0.3) is 0 Å². The standard InChI is InChI=1S/C54H34N2OS/c1-2-11-39(12-3-1)56-48-17-7-4-13-42(48)47-33-37(26-32-49(47)56)35-21-27-40(28-22-35)55(50-18-10-16-46-43-14-5-8-19-51(43)57-54(46)50)41-29-23-36(24-30-41)38-25-31-45-44-15-6-9-20-52(44)58-53(45)34-38/h1-34H. The zero-order valence-corrected chi connectivity index (χ0v) is 32.2. The average Bonchev–Trinajstić information content (AvgIpc) is 3.97. The number of thiophene rings is 1. The van der Waals surface area contributed by atoms with Crippen molar-refractivity contribution in [1.82, 2.24) is 4.57 Å². The normalized spacial score (nSPS) is 11.8. The van der Waals surface area contributed by atoms with E-state index in [1.54, 1.807) is 0 Å². The van der Waals surface area contributed by atoms with Crippen molar-refractivity contribution in [3.05, 3.63) is 206 Å². The van der Waals surface area contributed by atoms with Gasteiger partial charge in [0, 0.05) is 58.8 Å². The van der Waals surface area contributed by atoms with Gasteiger partial charge in [-0.1, -0.05) is 127 Å². The monoisotopic (exact) mass is 758 g/mol. The zero-order chi connectivity index (χ0) is 38.2. The maximum Gasteiger partial charge on any atom is 0.159 e. The van der Waals surface area contributed by atoms with E-state index in [1.165, 1.54) is 58.7 Å². The molecule has 0 amide bonds. The van der Waals surface area contributed by atoms with Gasteiger partial charge in [-0.3, -0.25) is 0 Å². The lowest BCUT2D eigenvalue weighted by atomic mass is 10.0. The van der Waals surface area contributed by atoms with Gasteiger partial charge in [-0.25, -0.2) is 0 Å². The molecule has 0 saturated heterocycles. The highest BCUT2D eigenvalue weighted by atomic mass is 32.1. The van der Waals surface area contributed by atoms with E-state index in [4.69, 9.17) is 4.42 Å². The van der Waals surface area contributed by atoms with Crippen LogP contribution < -0.4 is 4.90 Å². The summed E-state index contributed by atoms with van der Waals surface area (Å²) in [4.78, 5) is 2.32. The summed E-state index contributed by atoms with van der Waals surface area (Å²) < 4.78 is 11.6. The molecule has 3 aromatic heterocycles. The van der Waals surface area contributed by atoms with Crippen LogP contribution in [0.3, 0.4) is 0 Å². The highest BCUT2D eigenvalue weighted by Crippen LogP contribution is 2.44. The highest BCUT2D eigenvalue weighted by Gasteiger charge is 2.20. The molecule has 0 aliphatic rings. The van der Waals surface area contributed by atoms with Crippen molar-refractivity contribution in [3.8, 4) is 27.9 Å². The summed E-state index contributed by atoms with van der Waals surface area (Å²) in [7, 11) is 0. The van der Waals surface area contributed by atoms with Gasteiger partial charge in [0.2, 0.25) is 0 Å². The molecule has 0 atom stereocenters. The van der Waals surface area contributed by atoms with E-state index >= 15 is 0 Å². The molecule has 58 heavy (non-hydrogen) atoms. The van der Waals surface area contributed by atoms with E-state index < -0.39 is 0 Å². The van der Waals surface area contributed by atoms with Crippen molar-refractivity contribution in [1.29, 1.82) is 0 Å². The first-order valence-corrected chi connectivity index (χ1v) is 20.5. The van der Waals surface area contributed by atoms with E-state index in [0.717, 1.165) is 50.3 Å². The average molecular weight is 759 g/mol. The van der Waals surface area contributed by atoms with Gasteiger partial charge in [-0.05, 0) is 101 Å². The zero-order valence-electron chi connectivity index (χ0n) is 31.3. The molecular weight excluding hydrogens is 725 g/mol. The van der Waals surface area contributed by atoms with Crippen LogP contribution in [-0.2, 0) is 0 Å². The van der Waals surface area contributed by atoms with E-state index in [1.807, 2.05) is 17.4 Å². The summed E-state index contributed by atoms with van der Waals surface area (Å²) >= 11 is 1.86. The Balaban J connectivity index is 0.962. The number of anilines is 3. The summed E-state index contributed by atoms with van der Waals surface area (Å²) in [6, 6.07) is 74.4. The lowest BCUT2D eigenvalue weighted by molar-refractivity contribution is 0.669. The first kappa shape index (κ1) is 32.8. The summed E-state index contributed by atoms with van der Waals surface area (Å²) in [6.07, 6.45) is 0. The molecule has 0 aliphatic heterocycles. The van der Waals surface area contributed by atoms with Crippen molar-refractivity contribution in [3.63, 3.8) is 0 Å². The Bertz CT molecular complexity index is 3500. The SMILES string of the molecule is c1ccc(-n2c3ccccc3c3cc(-c4ccc(N(c5ccc(-c6ccc7c(c6)sc6ccccc67)cc5)c5cccc6c5oc5ccccc56)cc4)ccc32)cc1. The molecule has 4 heteroatoms. The summed E-state index contributed by atoms with van der Waals surface area (Å²) in [5.74, 6) is 0. The van der Waals surface area contributed by atoms with Gasteiger partial charge in [0.15, 0.2) is 5.58 Å². The van der Waals surface area contributed by atoms with Gasteiger partial charge in [0.05, 0.1) is 16.7 Å². The number of hydrogen-bond acceptors (Lipinski definition) is 3. The molecule has 272 valence electrons. The van der Waals surface area contributed by atoms with E-state index in [0.29, 0.717) is 0 Å². The van der Waals surface area contributed by atoms with Crippen LogP contribution in [-0.4, -0.2) is 4.57 Å². The maximum absolute atomic E-state index is 6.63. The van der Waals surface area contributed by atoms with E-state index in [-0.39, 0.29) is 0 Å². The number of nitrogens with zero attached hydrogens (tertiary/aromatic N) is 2. The van der Waals surface area contributed by atoms with Crippen LogP contribution in [0.2, 0.25) is 0 Å². The Kier molecular flexibility index (Phi) is 7.40. The van der Waals surface area contributed by atoms with Crippen molar-refractivity contribution >= 4 is 92.3 Å². The van der Waals surface area contributed by atoms with Crippen LogP contribution in [0.15, 0.2) is 211 Å². The molecule has 12 aromatic rings. The molecular formula is C54H34N2OS. The molecule has 0 radical (unpaired) electrons. The minimum absolute atomic E-state index is 0.868. The van der Waals surface area contributed by atoms with Gasteiger partial charge in [0.1, 0.15) is 5.58 Å². The second-order valence-electron chi connectivity index (χ2n) is 14.9. The summed E-state index contributed by atoms with van der Waals surface area (Å²) in [5, 5.41) is 7.34. The molecule has 0 bridgehead atoms. The molecule has 0 aliphatic carbocycles. The van der Waals surface area contributed by atoms with Gasteiger partial charge in [-0.15, -0.1) is 11.3 Å². The second-order valence-corrected chi connectivity index (χ2v) is 16.0. The number of aromatic nitrogens is 1. The predicted octanol–water partition coefficient (Wildman–Crippen LogP) is 15.9. The number of furan rings is 1. The third-order valence-corrected chi connectivity index (χ3v) is 12.7. The Hall–Kier alpha value is -7.40. The molecule has 0 N–H and O–H groups in total. The van der Waals surface area contributed by atoms with Crippen LogP contribution in [0.25, 0.3) is 91.9 Å².